The molecular formula is C5H7N5O. The number of amides is 1. The lowest BCUT2D eigenvalue weighted by Gasteiger charge is -1.96. The second-order valence-electron chi connectivity index (χ2n) is 1.65. The van der Waals surface area contributed by atoms with Crippen LogP contribution in [0.25, 0.3) is 10.4 Å². The van der Waals surface area contributed by atoms with E-state index in [-0.39, 0.29) is 18.9 Å². The molecule has 0 aliphatic rings. The van der Waals surface area contributed by atoms with Gasteiger partial charge in [0.25, 0.3) is 0 Å². The average molecular weight is 153 g/mol. The normalized spacial score (nSPS) is 7.55. The lowest BCUT2D eigenvalue weighted by molar-refractivity contribution is -0.119. The van der Waals surface area contributed by atoms with Gasteiger partial charge in [0, 0.05) is 11.5 Å². The molecule has 0 aliphatic carbocycles. The Hall–Kier alpha value is -1.73. The number of nitriles is 1. The molecule has 0 fully saturated rings. The van der Waals surface area contributed by atoms with Gasteiger partial charge in [-0.2, -0.15) is 5.26 Å². The van der Waals surface area contributed by atoms with Crippen LogP contribution in [0, 0.1) is 11.3 Å². The third-order valence-electron chi connectivity index (χ3n) is 0.837. The number of azide groups is 1. The highest BCUT2D eigenvalue weighted by atomic mass is 16.1. The number of carbonyl (C=O) groups is 1. The van der Waals surface area contributed by atoms with E-state index in [0.717, 1.165) is 0 Å². The van der Waals surface area contributed by atoms with Gasteiger partial charge >= 0.3 is 0 Å². The predicted octanol–water partition coefficient (Wildman–Crippen LogP) is 0.327. The fourth-order valence-corrected chi connectivity index (χ4v) is 0.410. The summed E-state index contributed by atoms with van der Waals surface area (Å²) in [7, 11) is 0. The van der Waals surface area contributed by atoms with Crippen molar-refractivity contribution >= 4 is 5.91 Å². The van der Waals surface area contributed by atoms with Crippen LogP contribution in [0.5, 0.6) is 0 Å². The van der Waals surface area contributed by atoms with E-state index in [0.29, 0.717) is 6.54 Å². The molecule has 0 aromatic heterocycles. The van der Waals surface area contributed by atoms with Gasteiger partial charge in [0.15, 0.2) is 0 Å². The van der Waals surface area contributed by atoms with Crippen molar-refractivity contribution in [3.63, 3.8) is 0 Å². The van der Waals surface area contributed by atoms with E-state index in [1.807, 2.05) is 6.07 Å². The van der Waals surface area contributed by atoms with E-state index >= 15 is 0 Å². The standard InChI is InChI=1S/C5H7N5O/c6-2-1-3-8-5(11)4-9-10-7/h1,3-4H2,(H,8,11). The molecule has 6 nitrogen and oxygen atoms in total. The van der Waals surface area contributed by atoms with Gasteiger partial charge in [0.1, 0.15) is 6.54 Å². The molecule has 11 heavy (non-hydrogen) atoms. The zero-order chi connectivity index (χ0) is 8.53. The number of nitrogens with one attached hydrogen (secondary N) is 1. The summed E-state index contributed by atoms with van der Waals surface area (Å²) in [6.07, 6.45) is 0.266. The highest BCUT2D eigenvalue weighted by Gasteiger charge is 1.95. The Bertz CT molecular complexity index is 211. The van der Waals surface area contributed by atoms with Crippen molar-refractivity contribution < 1.29 is 4.79 Å². The topological polar surface area (TPSA) is 102 Å². The highest BCUT2D eigenvalue weighted by Crippen LogP contribution is 1.74. The molecule has 0 aliphatic heterocycles. The summed E-state index contributed by atoms with van der Waals surface area (Å²) in [5, 5.41) is 13.5. The van der Waals surface area contributed by atoms with Gasteiger partial charge in [0.2, 0.25) is 5.91 Å². The first-order valence-electron chi connectivity index (χ1n) is 2.95. The molecule has 0 atom stereocenters. The van der Waals surface area contributed by atoms with Crippen LogP contribution in [-0.4, -0.2) is 19.0 Å². The Labute approximate surface area is 63.4 Å². The van der Waals surface area contributed by atoms with Crippen LogP contribution >= 0.6 is 0 Å². The first kappa shape index (κ1) is 9.27. The molecule has 0 radical (unpaired) electrons. The molecule has 0 aromatic carbocycles. The van der Waals surface area contributed by atoms with Crippen LogP contribution in [0.15, 0.2) is 5.11 Å². The molecule has 0 rings (SSSR count). The molecule has 1 amide bonds. The minimum Gasteiger partial charge on any atom is -0.355 e. The zero-order valence-corrected chi connectivity index (χ0v) is 5.82. The Balaban J connectivity index is 3.39. The number of rotatable bonds is 4. The van der Waals surface area contributed by atoms with Crippen LogP contribution in [0.4, 0.5) is 0 Å². The number of nitrogens with zero attached hydrogens (tertiary/aromatic N) is 4. The molecule has 0 bridgehead atoms. The van der Waals surface area contributed by atoms with Gasteiger partial charge in [-0.05, 0) is 5.53 Å². The first-order valence-corrected chi connectivity index (χ1v) is 2.95. The Morgan fingerprint density at radius 2 is 2.55 bits per heavy atom. The largest absolute Gasteiger partial charge is 0.355 e. The van der Waals surface area contributed by atoms with E-state index in [9.17, 15) is 4.79 Å². The van der Waals surface area contributed by atoms with Gasteiger partial charge in [-0.3, -0.25) is 4.79 Å². The van der Waals surface area contributed by atoms with Crippen LogP contribution < -0.4 is 5.32 Å². The monoisotopic (exact) mass is 153 g/mol. The lowest BCUT2D eigenvalue weighted by atomic mass is 10.4. The quantitative estimate of drug-likeness (QED) is 0.272. The summed E-state index contributed by atoms with van der Waals surface area (Å²) in [6, 6.07) is 1.86. The molecule has 0 unspecified atom stereocenters. The molecular weight excluding hydrogens is 146 g/mol. The SMILES string of the molecule is N#CCCNC(=O)CN=[N+]=[N-]. The van der Waals surface area contributed by atoms with Crippen molar-refractivity contribution in [2.45, 2.75) is 6.42 Å². The maximum absolute atomic E-state index is 10.6. The van der Waals surface area contributed by atoms with Crippen molar-refractivity contribution in [3.05, 3.63) is 10.4 Å². The maximum atomic E-state index is 10.6. The second-order valence-corrected chi connectivity index (χ2v) is 1.65. The number of hydrogen-bond donors (Lipinski definition) is 1. The molecule has 6 heteroatoms. The third kappa shape index (κ3) is 6.15. The summed E-state index contributed by atoms with van der Waals surface area (Å²) >= 11 is 0. The Morgan fingerprint density at radius 3 is 3.09 bits per heavy atom. The van der Waals surface area contributed by atoms with Crippen LogP contribution in [0.3, 0.4) is 0 Å². The average Bonchev–Trinajstić information content (AvgIpc) is 2.01. The minimum atomic E-state index is -0.363. The van der Waals surface area contributed by atoms with E-state index in [2.05, 4.69) is 15.3 Å². The van der Waals surface area contributed by atoms with Crippen molar-refractivity contribution in [3.8, 4) is 6.07 Å². The van der Waals surface area contributed by atoms with Crippen LogP contribution in [-0.2, 0) is 4.79 Å². The number of carbonyl (C=O) groups excluding carboxylic acids is 1. The summed E-state index contributed by atoms with van der Waals surface area (Å²) < 4.78 is 0. The Kier molecular flexibility index (Phi) is 5.39. The smallest absolute Gasteiger partial charge is 0.225 e. The van der Waals surface area contributed by atoms with Gasteiger partial charge in [0.05, 0.1) is 12.5 Å². The second kappa shape index (κ2) is 6.39. The summed E-state index contributed by atoms with van der Waals surface area (Å²) in [5.74, 6) is -0.363. The molecule has 0 spiro atoms. The molecule has 0 heterocycles. The molecule has 0 saturated heterocycles. The van der Waals surface area contributed by atoms with E-state index in [4.69, 9.17) is 10.8 Å². The van der Waals surface area contributed by atoms with E-state index in [1.165, 1.54) is 0 Å². The zero-order valence-electron chi connectivity index (χ0n) is 5.82. The van der Waals surface area contributed by atoms with Crippen molar-refractivity contribution in [1.29, 1.82) is 5.26 Å². The van der Waals surface area contributed by atoms with Gasteiger partial charge < -0.3 is 5.32 Å². The molecule has 1 N–H and O–H groups in total. The van der Waals surface area contributed by atoms with Crippen molar-refractivity contribution in [2.75, 3.05) is 13.1 Å². The van der Waals surface area contributed by atoms with Crippen LogP contribution in [0.2, 0.25) is 0 Å². The fourth-order valence-electron chi connectivity index (χ4n) is 0.410. The van der Waals surface area contributed by atoms with Crippen molar-refractivity contribution in [2.24, 2.45) is 5.11 Å². The predicted molar refractivity (Wildman–Crippen MR) is 37.3 cm³/mol. The third-order valence-corrected chi connectivity index (χ3v) is 0.837. The fraction of sp³-hybridized carbons (Fsp3) is 0.600. The van der Waals surface area contributed by atoms with Crippen LogP contribution in [0.1, 0.15) is 6.42 Å². The summed E-state index contributed by atoms with van der Waals surface area (Å²) in [4.78, 5) is 13.0. The first-order chi connectivity index (χ1) is 5.31. The van der Waals surface area contributed by atoms with Gasteiger partial charge in [-0.25, -0.2) is 0 Å². The maximum Gasteiger partial charge on any atom is 0.225 e. The minimum absolute atomic E-state index is 0.206. The van der Waals surface area contributed by atoms with Crippen molar-refractivity contribution in [1.82, 2.24) is 5.32 Å². The Morgan fingerprint density at radius 1 is 1.82 bits per heavy atom. The summed E-state index contributed by atoms with van der Waals surface area (Å²) in [6.45, 7) is 0.0954. The molecule has 0 aromatic rings. The van der Waals surface area contributed by atoms with Gasteiger partial charge in [-0.1, -0.05) is 5.11 Å². The summed E-state index contributed by atoms with van der Waals surface area (Å²) in [5.41, 5.74) is 7.81. The number of hydrogen-bond acceptors (Lipinski definition) is 3. The lowest BCUT2D eigenvalue weighted by Crippen LogP contribution is -2.26. The molecule has 0 saturated carbocycles. The molecule has 58 valence electrons. The van der Waals surface area contributed by atoms with E-state index in [1.54, 1.807) is 0 Å². The highest BCUT2D eigenvalue weighted by molar-refractivity contribution is 5.78. The van der Waals surface area contributed by atoms with Gasteiger partial charge in [-0.15, -0.1) is 0 Å². The van der Waals surface area contributed by atoms with E-state index < -0.39 is 0 Å².